The van der Waals surface area contributed by atoms with E-state index < -0.39 is 15.2 Å². The number of aryl methyl sites for hydroxylation is 2. The lowest BCUT2D eigenvalue weighted by Gasteiger charge is -2.27. The molecule has 0 heterocycles. The predicted octanol–water partition coefficient (Wildman–Crippen LogP) is 42.3. The van der Waals surface area contributed by atoms with Crippen LogP contribution < -0.4 is 18.1 Å². The molecule has 4 aromatic carbocycles. The second kappa shape index (κ2) is 90.4. The van der Waals surface area contributed by atoms with Crippen molar-refractivity contribution in [2.24, 2.45) is 0 Å². The molecule has 0 aliphatic heterocycles. The van der Waals surface area contributed by atoms with Gasteiger partial charge in [0, 0.05) is 29.8 Å². The van der Waals surface area contributed by atoms with Gasteiger partial charge in [-0.05, 0) is 146 Å². The maximum Gasteiger partial charge on any atom is 0.360 e. The van der Waals surface area contributed by atoms with Gasteiger partial charge in [0.15, 0.2) is 0 Å². The van der Waals surface area contributed by atoms with E-state index in [9.17, 15) is 9.59 Å². The fourth-order valence-corrected chi connectivity index (χ4v) is 24.3. The van der Waals surface area contributed by atoms with Gasteiger partial charge >= 0.3 is 27.1 Å². The molecule has 2 unspecified atom stereocenters. The first kappa shape index (κ1) is 120. The van der Waals surface area contributed by atoms with Crippen LogP contribution in [0.15, 0.2) is 97.1 Å². The zero-order valence-electron chi connectivity index (χ0n) is 86.5. The summed E-state index contributed by atoms with van der Waals surface area (Å²) in [6.45, 7) is 15.1. The van der Waals surface area contributed by atoms with Crippen molar-refractivity contribution in [2.45, 2.75) is 573 Å². The summed E-state index contributed by atoms with van der Waals surface area (Å²) in [6.07, 6.45) is 106. The standard InChI is InChI=1S/C119H206O8P2S2/c1-7-11-15-19-23-27-31-37-45-53-61-69-77-89-109-91-81-83-93-115(109)126-128(130-107-87-75-67-59-51-43-35-39-47-55-63-71-79-95-117(120)122-105-85-73-65-57-49-41-33-29-25-21-17-13-9-3)124-113-101-97-111(98-102-113)119(5,6)112-99-103-114(104-100-112)125-129(127-116-94-84-82-92-110(116)90-78-70-62-54-46-38-32-28-24-20-16-12-8-2)131-108-88-76-68-60-52-44-36-40-48-56-64-72-80-96-118(121)123-106-86-74-66-58-50-42-34-30-26-22-18-14-10-4/h81-84,91-94,97-104H,7-80,85-90,95-96,105-108H2,1-6H3. The lowest BCUT2D eigenvalue weighted by Crippen LogP contribution is -2.18. The monoisotopic (exact) mass is 1890 g/mol. The van der Waals surface area contributed by atoms with Crippen LogP contribution >= 0.6 is 37.9 Å². The fourth-order valence-electron chi connectivity index (χ4n) is 18.4. The van der Waals surface area contributed by atoms with Crippen LogP contribution in [-0.4, -0.2) is 36.7 Å². The highest BCUT2D eigenvalue weighted by Gasteiger charge is 2.26. The van der Waals surface area contributed by atoms with Crippen LogP contribution in [0.1, 0.15) is 577 Å². The van der Waals surface area contributed by atoms with Gasteiger partial charge in [-0.1, -0.05) is 552 Å². The fraction of sp³-hybridized carbons (Fsp3) is 0.782. The SMILES string of the molecule is CCCCCCCCCCCCCCCOC(=O)CCCCCCCCCCCCCCCSP(Oc1ccc(C(C)(C)c2ccc(OP(Oc3ccccc3CCCCCCCCCCCCCCC)SCCCCCCCCCCCCCCCC(=O)OCCCCCCCCCCCCCCC)cc2)cc1)Oc1ccccc1CCCCCCCCCCCCCCC. The minimum absolute atomic E-state index is 0.00881. The van der Waals surface area contributed by atoms with Crippen LogP contribution in [0.3, 0.4) is 0 Å². The Morgan fingerprint density at radius 3 is 0.687 bits per heavy atom. The Balaban J connectivity index is 1.23. The molecule has 0 aliphatic carbocycles. The molecule has 752 valence electrons. The average molecular weight is 1890 g/mol. The van der Waals surface area contributed by atoms with Crippen LogP contribution in [0, 0.1) is 0 Å². The minimum Gasteiger partial charge on any atom is -0.466 e. The first-order valence-electron chi connectivity index (χ1n) is 56.9. The van der Waals surface area contributed by atoms with Crippen molar-refractivity contribution in [3.8, 4) is 23.0 Å². The van der Waals surface area contributed by atoms with Crippen molar-refractivity contribution in [1.82, 2.24) is 0 Å². The van der Waals surface area contributed by atoms with Crippen LogP contribution in [-0.2, 0) is 37.3 Å². The minimum atomic E-state index is -1.29. The Bertz CT molecular complexity index is 2910. The van der Waals surface area contributed by atoms with Crippen molar-refractivity contribution < 1.29 is 37.2 Å². The molecule has 0 aromatic heterocycles. The normalized spacial score (nSPS) is 12.1. The summed E-state index contributed by atoms with van der Waals surface area (Å²) >= 11 is 3.74. The van der Waals surface area contributed by atoms with Crippen molar-refractivity contribution in [3.05, 3.63) is 119 Å². The number of unbranched alkanes of at least 4 members (excludes halogenated alkanes) is 72. The van der Waals surface area contributed by atoms with Crippen molar-refractivity contribution >= 4 is 49.9 Å². The Hall–Kier alpha value is -3.42. The van der Waals surface area contributed by atoms with E-state index in [1.807, 2.05) is 22.8 Å². The highest BCUT2D eigenvalue weighted by atomic mass is 32.7. The summed E-state index contributed by atoms with van der Waals surface area (Å²) in [7, 11) is -2.59. The summed E-state index contributed by atoms with van der Waals surface area (Å²) in [5, 5.41) is 0. The van der Waals surface area contributed by atoms with Gasteiger partial charge in [-0.3, -0.25) is 9.59 Å². The van der Waals surface area contributed by atoms with Crippen molar-refractivity contribution in [2.75, 3.05) is 24.7 Å². The number of rotatable bonds is 100. The molecule has 0 fully saturated rings. The second-order valence-corrected chi connectivity index (χ2v) is 46.3. The molecule has 0 spiro atoms. The third-order valence-corrected chi connectivity index (χ3v) is 33.4. The third-order valence-electron chi connectivity index (χ3n) is 27.4. The lowest BCUT2D eigenvalue weighted by molar-refractivity contribution is -0.144. The van der Waals surface area contributed by atoms with E-state index in [-0.39, 0.29) is 17.4 Å². The van der Waals surface area contributed by atoms with E-state index in [1.165, 1.54) is 485 Å². The van der Waals surface area contributed by atoms with Gasteiger partial charge < -0.3 is 27.6 Å². The van der Waals surface area contributed by atoms with Crippen molar-refractivity contribution in [3.63, 3.8) is 0 Å². The molecular formula is C119H206O8P2S2. The molecule has 0 bridgehead atoms. The van der Waals surface area contributed by atoms with E-state index >= 15 is 0 Å². The van der Waals surface area contributed by atoms with Gasteiger partial charge in [0.2, 0.25) is 0 Å². The van der Waals surface area contributed by atoms with Gasteiger partial charge in [-0.25, -0.2) is 0 Å². The molecule has 2 atom stereocenters. The van der Waals surface area contributed by atoms with Gasteiger partial charge in [-0.15, -0.1) is 0 Å². The first-order valence-corrected chi connectivity index (χ1v) is 62.5. The first-order chi connectivity index (χ1) is 64.7. The van der Waals surface area contributed by atoms with Crippen LogP contribution in [0.25, 0.3) is 0 Å². The molecule has 0 radical (unpaired) electrons. The largest absolute Gasteiger partial charge is 0.466 e. The van der Waals surface area contributed by atoms with Crippen molar-refractivity contribution in [1.29, 1.82) is 0 Å². The zero-order valence-corrected chi connectivity index (χ0v) is 89.9. The highest BCUT2D eigenvalue weighted by molar-refractivity contribution is 8.53. The number of esters is 2. The molecule has 0 saturated carbocycles. The Morgan fingerprint density at radius 1 is 0.237 bits per heavy atom. The van der Waals surface area contributed by atoms with E-state index in [0.717, 1.165) is 85.9 Å². The van der Waals surface area contributed by atoms with E-state index in [0.29, 0.717) is 26.1 Å². The molecule has 0 amide bonds. The summed E-state index contributed by atoms with van der Waals surface area (Å²) in [5.41, 5.74) is 4.81. The van der Waals surface area contributed by atoms with Gasteiger partial charge in [0.25, 0.3) is 0 Å². The quantitative estimate of drug-likeness (QED) is 0.0242. The molecule has 0 saturated heterocycles. The number of carbonyl (C=O) groups excluding carboxylic acids is 2. The number of carbonyl (C=O) groups is 2. The Kier molecular flexibility index (Phi) is 82.8. The molecule has 0 N–H and O–H groups in total. The second-order valence-electron chi connectivity index (χ2n) is 40.0. The summed E-state index contributed by atoms with van der Waals surface area (Å²) < 4.78 is 39.1. The van der Waals surface area contributed by atoms with Gasteiger partial charge in [0.1, 0.15) is 23.0 Å². The van der Waals surface area contributed by atoms with E-state index in [4.69, 9.17) is 27.6 Å². The predicted molar refractivity (Wildman–Crippen MR) is 581 cm³/mol. The zero-order chi connectivity index (χ0) is 93.2. The van der Waals surface area contributed by atoms with Gasteiger partial charge in [0.05, 0.1) is 13.2 Å². The smallest absolute Gasteiger partial charge is 0.360 e. The number of ether oxygens (including phenoxy) is 2. The number of para-hydroxylation sites is 2. The molecule has 4 rings (SSSR count). The summed E-state index contributed by atoms with van der Waals surface area (Å²) in [4.78, 5) is 24.7. The maximum absolute atomic E-state index is 12.4. The Morgan fingerprint density at radius 2 is 0.443 bits per heavy atom. The lowest BCUT2D eigenvalue weighted by atomic mass is 9.78. The molecule has 4 aromatic rings. The molecule has 131 heavy (non-hydrogen) atoms. The average Bonchev–Trinajstić information content (AvgIpc) is 0.799. The topological polar surface area (TPSA) is 89.5 Å². The van der Waals surface area contributed by atoms with Crippen LogP contribution in [0.2, 0.25) is 0 Å². The number of benzene rings is 4. The van der Waals surface area contributed by atoms with E-state index in [2.05, 4.69) is 139 Å². The number of hydrogen-bond acceptors (Lipinski definition) is 10. The third kappa shape index (κ3) is 70.8. The summed E-state index contributed by atoms with van der Waals surface area (Å²) in [5.74, 6) is 5.73. The molecule has 0 aliphatic rings. The molecule has 8 nitrogen and oxygen atoms in total. The van der Waals surface area contributed by atoms with Gasteiger partial charge in [-0.2, -0.15) is 0 Å². The van der Waals surface area contributed by atoms with Crippen LogP contribution in [0.4, 0.5) is 0 Å². The number of hydrogen-bond donors (Lipinski definition) is 0. The maximum atomic E-state index is 12.4. The Labute approximate surface area is 821 Å². The van der Waals surface area contributed by atoms with Crippen LogP contribution in [0.5, 0.6) is 23.0 Å². The van der Waals surface area contributed by atoms with E-state index in [1.54, 1.807) is 0 Å². The highest BCUT2D eigenvalue weighted by Crippen LogP contribution is 2.55. The summed E-state index contributed by atoms with van der Waals surface area (Å²) in [6, 6.07) is 35.3. The molecule has 12 heteroatoms. The molecular weight excluding hydrogens is 1680 g/mol.